The van der Waals surface area contributed by atoms with E-state index in [4.69, 9.17) is 9.84 Å². The average molecular weight is 516 g/mol. The van der Waals surface area contributed by atoms with Gasteiger partial charge in [-0.2, -0.15) is 0 Å². The fourth-order valence-electron chi connectivity index (χ4n) is 3.69. The summed E-state index contributed by atoms with van der Waals surface area (Å²) in [7, 11) is 2.90. The third kappa shape index (κ3) is 7.64. The average Bonchev–Trinajstić information content (AvgIpc) is 3.54. The molecule has 188 valence electrons. The molecule has 5 N–H and O–H groups in total. The van der Waals surface area contributed by atoms with Gasteiger partial charge in [-0.25, -0.2) is 0 Å². The summed E-state index contributed by atoms with van der Waals surface area (Å²) in [5, 5.41) is 27.6. The molecule has 2 bridgehead atoms. The van der Waals surface area contributed by atoms with Gasteiger partial charge in [-0.3, -0.25) is 24.0 Å². The molecule has 1 saturated heterocycles. The van der Waals surface area contributed by atoms with Crippen molar-refractivity contribution < 1.29 is 38.9 Å². The highest BCUT2D eigenvalue weighted by atomic mass is 33.1. The number of aliphatic hydroxyl groups excluding tert-OH is 1. The Morgan fingerprint density at radius 1 is 1.12 bits per heavy atom. The second-order valence-electron chi connectivity index (χ2n) is 8.53. The molecular formula is C21H29N3O8S2. The van der Waals surface area contributed by atoms with E-state index >= 15 is 0 Å². The van der Waals surface area contributed by atoms with Gasteiger partial charge in [0, 0.05) is 17.9 Å². The second-order valence-corrected chi connectivity index (χ2v) is 11.2. The van der Waals surface area contributed by atoms with Crippen LogP contribution in [0, 0.1) is 0 Å². The summed E-state index contributed by atoms with van der Waals surface area (Å²) in [5.74, 6) is -2.74. The molecule has 13 heteroatoms. The van der Waals surface area contributed by atoms with Crippen molar-refractivity contribution in [1.29, 1.82) is 0 Å². The number of aliphatic carboxylic acids is 1. The van der Waals surface area contributed by atoms with Crippen LogP contribution < -0.4 is 16.0 Å². The SMILES string of the molecule is O=C(O)CC[C@H]1NC(=O)C[C@H]2/C=C/CCSSC[C@@H](NC1=O)C(=O)NC1(CC1)C(O)CC(=O)O2. The molecule has 0 aromatic carbocycles. The number of nitrogens with one attached hydrogen (secondary N) is 3. The standard InChI is InChI=1S/C21H29N3O8S2/c25-15-10-18(29)32-12-3-1-2-8-33-34-11-14(20(31)24-21(15)6-7-21)23-19(30)13(4-5-17(27)28)22-16(26)9-12/h1,3,12-15,25H,2,4-11H2,(H,22,26)(H,23,30)(H,24,31)(H,27,28)/b3-1+/t12-,13-,14-,15?/m1/s1. The fourth-order valence-corrected chi connectivity index (χ4v) is 5.85. The van der Waals surface area contributed by atoms with E-state index in [0.29, 0.717) is 25.0 Å². The molecular weight excluding hydrogens is 486 g/mol. The summed E-state index contributed by atoms with van der Waals surface area (Å²) < 4.78 is 5.42. The van der Waals surface area contributed by atoms with Crippen molar-refractivity contribution in [3.8, 4) is 0 Å². The third-order valence-corrected chi connectivity index (χ3v) is 8.24. The molecule has 1 spiro atoms. The van der Waals surface area contributed by atoms with Gasteiger partial charge in [0.1, 0.15) is 18.2 Å². The monoisotopic (exact) mass is 515 g/mol. The van der Waals surface area contributed by atoms with E-state index in [1.807, 2.05) is 0 Å². The number of hydrogen-bond donors (Lipinski definition) is 5. The number of esters is 1. The summed E-state index contributed by atoms with van der Waals surface area (Å²) in [4.78, 5) is 62.3. The zero-order chi connectivity index (χ0) is 24.7. The number of ether oxygens (including phenoxy) is 1. The van der Waals surface area contributed by atoms with Crippen LogP contribution in [0.5, 0.6) is 0 Å². The molecule has 0 radical (unpaired) electrons. The minimum Gasteiger partial charge on any atom is -0.481 e. The van der Waals surface area contributed by atoms with Gasteiger partial charge in [0.25, 0.3) is 0 Å². The van der Waals surface area contributed by atoms with Crippen LogP contribution >= 0.6 is 21.6 Å². The third-order valence-electron chi connectivity index (χ3n) is 5.80. The van der Waals surface area contributed by atoms with Crippen molar-refractivity contribution in [2.45, 2.75) is 74.8 Å². The Balaban J connectivity index is 1.94. The van der Waals surface area contributed by atoms with E-state index in [0.717, 1.165) is 0 Å². The minimum atomic E-state index is -1.19. The van der Waals surface area contributed by atoms with E-state index in [2.05, 4.69) is 16.0 Å². The van der Waals surface area contributed by atoms with Crippen molar-refractivity contribution in [2.75, 3.05) is 11.5 Å². The Labute approximate surface area is 204 Å². The molecule has 1 unspecified atom stereocenters. The summed E-state index contributed by atoms with van der Waals surface area (Å²) in [6.07, 6.45) is 1.69. The number of carboxylic acids is 1. The lowest BCUT2D eigenvalue weighted by atomic mass is 10.0. The molecule has 34 heavy (non-hydrogen) atoms. The van der Waals surface area contributed by atoms with Gasteiger partial charge in [0.05, 0.1) is 24.5 Å². The van der Waals surface area contributed by atoms with Gasteiger partial charge < -0.3 is 30.9 Å². The number of allylic oxidation sites excluding steroid dienone is 1. The Kier molecular flexibility index (Phi) is 9.25. The van der Waals surface area contributed by atoms with E-state index in [-0.39, 0.29) is 31.4 Å². The van der Waals surface area contributed by atoms with Crippen molar-refractivity contribution >= 4 is 51.2 Å². The van der Waals surface area contributed by atoms with Crippen LogP contribution in [0.15, 0.2) is 12.2 Å². The molecule has 2 heterocycles. The first-order valence-electron chi connectivity index (χ1n) is 11.1. The largest absolute Gasteiger partial charge is 0.481 e. The lowest BCUT2D eigenvalue weighted by Crippen LogP contribution is -2.57. The number of carboxylic acid groups (broad SMARTS) is 1. The molecule has 1 aliphatic carbocycles. The number of aliphatic hydroxyl groups is 1. The van der Waals surface area contributed by atoms with E-state index < -0.39 is 59.5 Å². The molecule has 3 amide bonds. The van der Waals surface area contributed by atoms with Crippen LogP contribution in [0.25, 0.3) is 0 Å². The summed E-state index contributed by atoms with van der Waals surface area (Å²) in [6.45, 7) is 0. The Bertz CT molecular complexity index is 848. The second kappa shape index (κ2) is 11.9. The first-order valence-corrected chi connectivity index (χ1v) is 13.6. The molecule has 11 nitrogen and oxygen atoms in total. The van der Waals surface area contributed by atoms with Crippen LogP contribution in [-0.2, 0) is 28.7 Å². The summed E-state index contributed by atoms with van der Waals surface area (Å²) in [5.41, 5.74) is -0.976. The molecule has 1 saturated carbocycles. The molecule has 2 fully saturated rings. The summed E-state index contributed by atoms with van der Waals surface area (Å²) in [6, 6.07) is -2.17. The highest BCUT2D eigenvalue weighted by Crippen LogP contribution is 2.40. The fraction of sp³-hybridized carbons (Fsp3) is 0.667. The molecule has 3 rings (SSSR count). The molecule has 4 atom stereocenters. The minimum absolute atomic E-state index is 0.175. The number of carbonyl (C=O) groups excluding carboxylic acids is 4. The van der Waals surface area contributed by atoms with Crippen LogP contribution in [-0.4, -0.2) is 81.2 Å². The first kappa shape index (κ1) is 26.4. The Hall–Kier alpha value is -2.25. The maximum atomic E-state index is 13.1. The lowest BCUT2D eigenvalue weighted by Gasteiger charge is -2.27. The number of rotatable bonds is 3. The number of carbonyl (C=O) groups is 5. The van der Waals surface area contributed by atoms with Gasteiger partial charge >= 0.3 is 11.9 Å². The van der Waals surface area contributed by atoms with Crippen molar-refractivity contribution in [2.24, 2.45) is 0 Å². The Morgan fingerprint density at radius 3 is 2.59 bits per heavy atom. The van der Waals surface area contributed by atoms with Gasteiger partial charge in [-0.1, -0.05) is 27.7 Å². The summed E-state index contributed by atoms with van der Waals surface area (Å²) >= 11 is 0. The zero-order valence-electron chi connectivity index (χ0n) is 18.5. The van der Waals surface area contributed by atoms with Gasteiger partial charge in [-0.15, -0.1) is 0 Å². The van der Waals surface area contributed by atoms with Crippen molar-refractivity contribution in [1.82, 2.24) is 16.0 Å². The maximum Gasteiger partial charge on any atom is 0.309 e. The van der Waals surface area contributed by atoms with Gasteiger partial charge in [0.2, 0.25) is 17.7 Å². The van der Waals surface area contributed by atoms with Crippen molar-refractivity contribution in [3.63, 3.8) is 0 Å². The van der Waals surface area contributed by atoms with Crippen LogP contribution in [0.1, 0.15) is 44.9 Å². The number of amides is 3. The quantitative estimate of drug-likeness (QED) is 0.194. The topological polar surface area (TPSA) is 171 Å². The predicted molar refractivity (Wildman–Crippen MR) is 125 cm³/mol. The van der Waals surface area contributed by atoms with Gasteiger partial charge in [-0.05, 0) is 31.8 Å². The van der Waals surface area contributed by atoms with Crippen molar-refractivity contribution in [3.05, 3.63) is 12.2 Å². The lowest BCUT2D eigenvalue weighted by molar-refractivity contribution is -0.151. The normalized spacial score (nSPS) is 31.6. The van der Waals surface area contributed by atoms with E-state index in [9.17, 15) is 29.1 Å². The molecule has 0 aromatic heterocycles. The van der Waals surface area contributed by atoms with Crippen LogP contribution in [0.3, 0.4) is 0 Å². The molecule has 0 aromatic rings. The Morgan fingerprint density at radius 2 is 1.88 bits per heavy atom. The van der Waals surface area contributed by atoms with Crippen LogP contribution in [0.2, 0.25) is 0 Å². The highest BCUT2D eigenvalue weighted by Gasteiger charge is 2.51. The number of hydrogen-bond acceptors (Lipinski definition) is 9. The molecule has 2 aliphatic heterocycles. The predicted octanol–water partition coefficient (Wildman–Crippen LogP) is -0.123. The zero-order valence-corrected chi connectivity index (χ0v) is 20.1. The van der Waals surface area contributed by atoms with Crippen LogP contribution in [0.4, 0.5) is 0 Å². The smallest absolute Gasteiger partial charge is 0.309 e. The molecule has 3 aliphatic rings. The van der Waals surface area contributed by atoms with E-state index in [1.165, 1.54) is 21.6 Å². The maximum absolute atomic E-state index is 13.1. The highest BCUT2D eigenvalue weighted by molar-refractivity contribution is 8.76. The van der Waals surface area contributed by atoms with E-state index in [1.54, 1.807) is 12.2 Å². The first-order chi connectivity index (χ1) is 16.2. The number of fused-ring (bicyclic) bond motifs is 7. The van der Waals surface area contributed by atoms with Gasteiger partial charge in [0.15, 0.2) is 0 Å².